The molecule has 0 spiro atoms. The van der Waals surface area contributed by atoms with E-state index in [2.05, 4.69) is 27.1 Å². The van der Waals surface area contributed by atoms with Crippen LogP contribution in [0.5, 0.6) is 0 Å². The second-order valence-electron chi connectivity index (χ2n) is 6.04. The Morgan fingerprint density at radius 2 is 1.83 bits per heavy atom. The summed E-state index contributed by atoms with van der Waals surface area (Å²) in [6.45, 7) is 6.35. The highest BCUT2D eigenvalue weighted by Crippen LogP contribution is 2.26. The third kappa shape index (κ3) is 4.05. The Morgan fingerprint density at radius 3 is 2.57 bits per heavy atom. The Morgan fingerprint density at radius 1 is 1.13 bits per heavy atom. The average molecular weight is 314 g/mol. The topological polar surface area (TPSA) is 41.1 Å². The molecule has 0 saturated carbocycles. The first-order chi connectivity index (χ1) is 11.2. The number of aromatic nitrogens is 2. The van der Waals surface area contributed by atoms with Crippen molar-refractivity contribution in [3.8, 4) is 0 Å². The van der Waals surface area contributed by atoms with Gasteiger partial charge in [-0.05, 0) is 43.6 Å². The van der Waals surface area contributed by atoms with Gasteiger partial charge in [0.15, 0.2) is 0 Å². The van der Waals surface area contributed by atoms with Gasteiger partial charge in [-0.3, -0.25) is 4.98 Å². The minimum Gasteiger partial charge on any atom is -0.367 e. The Hall–Kier alpha value is -2.01. The van der Waals surface area contributed by atoms with E-state index in [1.807, 2.05) is 12.1 Å². The Labute approximate surface area is 136 Å². The number of anilines is 1. The summed E-state index contributed by atoms with van der Waals surface area (Å²) >= 11 is 0. The summed E-state index contributed by atoms with van der Waals surface area (Å²) in [5.41, 5.74) is 1.94. The van der Waals surface area contributed by atoms with E-state index < -0.39 is 0 Å². The van der Waals surface area contributed by atoms with Crippen LogP contribution >= 0.6 is 0 Å². The largest absolute Gasteiger partial charge is 0.367 e. The van der Waals surface area contributed by atoms with Crippen LogP contribution in [0.2, 0.25) is 0 Å². The van der Waals surface area contributed by atoms with Gasteiger partial charge < -0.3 is 10.2 Å². The molecule has 2 aromatic rings. The van der Waals surface area contributed by atoms with Crippen molar-refractivity contribution in [2.75, 3.05) is 31.5 Å². The lowest BCUT2D eigenvalue weighted by Gasteiger charge is -2.18. The number of halogens is 1. The molecule has 1 unspecified atom stereocenters. The Kier molecular flexibility index (Phi) is 5.18. The van der Waals surface area contributed by atoms with Crippen LogP contribution in [0.15, 0.2) is 36.7 Å². The maximum absolute atomic E-state index is 13.1. The second kappa shape index (κ2) is 7.51. The van der Waals surface area contributed by atoms with Gasteiger partial charge in [-0.15, -0.1) is 0 Å². The van der Waals surface area contributed by atoms with E-state index in [1.165, 1.54) is 38.1 Å². The van der Waals surface area contributed by atoms with Gasteiger partial charge in [-0.25, -0.2) is 9.37 Å². The average Bonchev–Trinajstić information content (AvgIpc) is 3.09. The maximum atomic E-state index is 13.1. The van der Waals surface area contributed by atoms with E-state index in [0.29, 0.717) is 0 Å². The summed E-state index contributed by atoms with van der Waals surface area (Å²) in [6, 6.07) is 6.59. The molecule has 1 aliphatic rings. The molecule has 0 bridgehead atoms. The fourth-order valence-electron chi connectivity index (χ4n) is 3.05. The van der Waals surface area contributed by atoms with Crippen LogP contribution in [0.1, 0.15) is 36.9 Å². The van der Waals surface area contributed by atoms with Crippen molar-refractivity contribution >= 4 is 5.82 Å². The van der Waals surface area contributed by atoms with E-state index in [1.54, 1.807) is 12.4 Å². The molecule has 1 aliphatic heterocycles. The Bertz CT molecular complexity index is 623. The molecule has 122 valence electrons. The molecule has 0 radical (unpaired) electrons. The maximum Gasteiger partial charge on any atom is 0.148 e. The number of benzene rings is 1. The van der Waals surface area contributed by atoms with Gasteiger partial charge in [0, 0.05) is 31.4 Å². The van der Waals surface area contributed by atoms with Crippen molar-refractivity contribution in [3.63, 3.8) is 0 Å². The molecular formula is C18H23FN4. The number of nitrogens with zero attached hydrogens (tertiary/aromatic N) is 3. The summed E-state index contributed by atoms with van der Waals surface area (Å²) in [7, 11) is 0. The zero-order chi connectivity index (χ0) is 16.1. The molecule has 4 nitrogen and oxygen atoms in total. The van der Waals surface area contributed by atoms with Gasteiger partial charge in [0.05, 0.1) is 5.69 Å². The number of hydrogen-bond acceptors (Lipinski definition) is 4. The van der Waals surface area contributed by atoms with Gasteiger partial charge in [0.1, 0.15) is 11.6 Å². The predicted molar refractivity (Wildman–Crippen MR) is 90.1 cm³/mol. The lowest BCUT2D eigenvalue weighted by Crippen LogP contribution is -2.26. The zero-order valence-electron chi connectivity index (χ0n) is 13.5. The van der Waals surface area contributed by atoms with E-state index in [0.717, 1.165) is 30.2 Å². The molecule has 1 atom stereocenters. The van der Waals surface area contributed by atoms with Crippen LogP contribution < -0.4 is 5.32 Å². The third-order valence-corrected chi connectivity index (χ3v) is 4.43. The first-order valence-electron chi connectivity index (χ1n) is 8.26. The van der Waals surface area contributed by atoms with Gasteiger partial charge in [-0.2, -0.15) is 0 Å². The second-order valence-corrected chi connectivity index (χ2v) is 6.04. The summed E-state index contributed by atoms with van der Waals surface area (Å²) in [6.07, 6.45) is 6.02. The molecule has 5 heteroatoms. The van der Waals surface area contributed by atoms with Crippen LogP contribution in [0, 0.1) is 5.82 Å². The van der Waals surface area contributed by atoms with Crippen molar-refractivity contribution in [1.82, 2.24) is 14.9 Å². The van der Waals surface area contributed by atoms with Crippen molar-refractivity contribution in [2.24, 2.45) is 0 Å². The highest BCUT2D eigenvalue weighted by molar-refractivity contribution is 5.45. The number of rotatable bonds is 6. The van der Waals surface area contributed by atoms with Crippen molar-refractivity contribution in [2.45, 2.75) is 25.7 Å². The van der Waals surface area contributed by atoms with Crippen molar-refractivity contribution in [3.05, 3.63) is 53.7 Å². The van der Waals surface area contributed by atoms with E-state index >= 15 is 0 Å². The summed E-state index contributed by atoms with van der Waals surface area (Å²) in [5.74, 6) is 0.672. The van der Waals surface area contributed by atoms with Crippen LogP contribution in [0.4, 0.5) is 10.2 Å². The Balaban J connectivity index is 1.67. The SMILES string of the molecule is CC(c1ccc(F)cc1)c1nccnc1NCCN1CCCC1. The van der Waals surface area contributed by atoms with Gasteiger partial charge >= 0.3 is 0 Å². The molecule has 1 aromatic carbocycles. The van der Waals surface area contributed by atoms with Crippen LogP contribution in [0.25, 0.3) is 0 Å². The van der Waals surface area contributed by atoms with Gasteiger partial charge in [0.2, 0.25) is 0 Å². The first-order valence-corrected chi connectivity index (χ1v) is 8.26. The van der Waals surface area contributed by atoms with Crippen LogP contribution in [-0.4, -0.2) is 41.0 Å². The van der Waals surface area contributed by atoms with Gasteiger partial charge in [0.25, 0.3) is 0 Å². The molecular weight excluding hydrogens is 291 g/mol. The van der Waals surface area contributed by atoms with Crippen molar-refractivity contribution < 1.29 is 4.39 Å². The van der Waals surface area contributed by atoms with Crippen LogP contribution in [0.3, 0.4) is 0 Å². The molecule has 1 saturated heterocycles. The van der Waals surface area contributed by atoms with E-state index in [9.17, 15) is 4.39 Å². The smallest absolute Gasteiger partial charge is 0.148 e. The molecule has 1 N–H and O–H groups in total. The normalized spacial score (nSPS) is 16.4. The fourth-order valence-corrected chi connectivity index (χ4v) is 3.05. The molecule has 23 heavy (non-hydrogen) atoms. The minimum absolute atomic E-state index is 0.0681. The summed E-state index contributed by atoms with van der Waals surface area (Å²) in [4.78, 5) is 11.4. The first kappa shape index (κ1) is 15.9. The fraction of sp³-hybridized carbons (Fsp3) is 0.444. The number of nitrogens with one attached hydrogen (secondary N) is 1. The summed E-state index contributed by atoms with van der Waals surface area (Å²) < 4.78 is 13.1. The summed E-state index contributed by atoms with van der Waals surface area (Å²) in [5, 5.41) is 3.41. The molecule has 1 fully saturated rings. The minimum atomic E-state index is -0.218. The van der Waals surface area contributed by atoms with E-state index in [-0.39, 0.29) is 11.7 Å². The molecule has 0 aliphatic carbocycles. The molecule has 1 aromatic heterocycles. The highest BCUT2D eigenvalue weighted by atomic mass is 19.1. The van der Waals surface area contributed by atoms with E-state index in [4.69, 9.17) is 0 Å². The molecule has 0 amide bonds. The van der Waals surface area contributed by atoms with Gasteiger partial charge in [-0.1, -0.05) is 19.1 Å². The number of hydrogen-bond donors (Lipinski definition) is 1. The predicted octanol–water partition coefficient (Wildman–Crippen LogP) is 3.28. The monoisotopic (exact) mass is 314 g/mol. The zero-order valence-corrected chi connectivity index (χ0v) is 13.5. The van der Waals surface area contributed by atoms with Crippen LogP contribution in [-0.2, 0) is 0 Å². The quantitative estimate of drug-likeness (QED) is 0.888. The standard InChI is InChI=1S/C18H23FN4/c1-14(15-4-6-16(19)7-5-15)17-18(21-9-8-20-17)22-10-13-23-11-2-3-12-23/h4-9,14H,2-3,10-13H2,1H3,(H,21,22). The molecule has 2 heterocycles. The molecule has 3 rings (SSSR count). The highest BCUT2D eigenvalue weighted by Gasteiger charge is 2.16. The lowest BCUT2D eigenvalue weighted by molar-refractivity contribution is 0.352. The third-order valence-electron chi connectivity index (χ3n) is 4.43. The lowest BCUT2D eigenvalue weighted by atomic mass is 9.97. The van der Waals surface area contributed by atoms with Crippen molar-refractivity contribution in [1.29, 1.82) is 0 Å². The number of likely N-dealkylation sites (tertiary alicyclic amines) is 1.